The highest BCUT2D eigenvalue weighted by molar-refractivity contribution is 5.90. The molecule has 2 amide bonds. The van der Waals surface area contributed by atoms with Crippen molar-refractivity contribution in [1.29, 1.82) is 0 Å². The van der Waals surface area contributed by atoms with Crippen LogP contribution in [0.1, 0.15) is 33.6 Å². The molecule has 0 aromatic rings. The van der Waals surface area contributed by atoms with Gasteiger partial charge in [0.25, 0.3) is 0 Å². The lowest BCUT2D eigenvalue weighted by Gasteiger charge is -2.26. The highest BCUT2D eigenvalue weighted by Crippen LogP contribution is 2.17. The number of rotatable bonds is 5. The van der Waals surface area contributed by atoms with Crippen LogP contribution < -0.4 is 10.6 Å². The second kappa shape index (κ2) is 6.69. The zero-order valence-electron chi connectivity index (χ0n) is 12.2. The van der Waals surface area contributed by atoms with Gasteiger partial charge in [-0.05, 0) is 33.6 Å². The minimum atomic E-state index is -1.09. The van der Waals surface area contributed by atoms with Crippen molar-refractivity contribution >= 4 is 17.8 Å². The topological polar surface area (TPSA) is 98.7 Å². The minimum absolute atomic E-state index is 0.132. The molecule has 1 saturated heterocycles. The van der Waals surface area contributed by atoms with Crippen LogP contribution in [0.15, 0.2) is 0 Å². The Morgan fingerprint density at radius 1 is 1.25 bits per heavy atom. The fourth-order valence-corrected chi connectivity index (χ4v) is 2.06. The van der Waals surface area contributed by atoms with Crippen molar-refractivity contribution in [2.24, 2.45) is 0 Å². The van der Waals surface area contributed by atoms with Crippen LogP contribution in [0.25, 0.3) is 0 Å². The molecule has 0 spiro atoms. The number of aliphatic carboxylic acids is 1. The Kier molecular flexibility index (Phi) is 5.50. The molecule has 1 aliphatic rings. The van der Waals surface area contributed by atoms with E-state index in [4.69, 9.17) is 5.11 Å². The molecular formula is C13H23N3O4. The van der Waals surface area contributed by atoms with Crippen molar-refractivity contribution in [3.8, 4) is 0 Å². The molecule has 114 valence electrons. The fourth-order valence-electron chi connectivity index (χ4n) is 2.06. The molecule has 0 aromatic carbocycles. The van der Waals surface area contributed by atoms with Gasteiger partial charge in [0.05, 0.1) is 6.54 Å². The summed E-state index contributed by atoms with van der Waals surface area (Å²) < 4.78 is 0. The van der Waals surface area contributed by atoms with E-state index in [9.17, 15) is 14.4 Å². The Hall–Kier alpha value is -1.63. The van der Waals surface area contributed by atoms with Gasteiger partial charge in [0.1, 0.15) is 12.6 Å². The Bertz CT molecular complexity index is 390. The first-order valence-corrected chi connectivity index (χ1v) is 6.75. The van der Waals surface area contributed by atoms with E-state index in [2.05, 4.69) is 10.6 Å². The molecule has 1 fully saturated rings. The second-order valence-electron chi connectivity index (χ2n) is 5.96. The Morgan fingerprint density at radius 3 is 2.45 bits per heavy atom. The van der Waals surface area contributed by atoms with Crippen molar-refractivity contribution in [2.45, 2.75) is 45.2 Å². The molecule has 0 bridgehead atoms. The Morgan fingerprint density at radius 2 is 1.90 bits per heavy atom. The number of carbonyl (C=O) groups is 3. The lowest BCUT2D eigenvalue weighted by Crippen LogP contribution is -2.51. The molecule has 0 aromatic heterocycles. The summed E-state index contributed by atoms with van der Waals surface area (Å²) in [4.78, 5) is 36.0. The molecule has 20 heavy (non-hydrogen) atoms. The van der Waals surface area contributed by atoms with Crippen LogP contribution in [-0.4, -0.2) is 59.0 Å². The van der Waals surface area contributed by atoms with Gasteiger partial charge in [0, 0.05) is 12.1 Å². The summed E-state index contributed by atoms with van der Waals surface area (Å²) in [6.07, 6.45) is 1.33. The molecule has 1 heterocycles. The number of hydrogen-bond acceptors (Lipinski definition) is 4. The van der Waals surface area contributed by atoms with Crippen LogP contribution in [0.4, 0.5) is 0 Å². The molecular weight excluding hydrogens is 262 g/mol. The standard InChI is InChI=1S/C13H23N3O4/c1-13(2,3)15-7-10(17)16-6-4-5-9(16)12(20)14-8-11(18)19/h9,15H,4-8H2,1-3H3,(H,14,20)(H,18,19)/t9-/m0/s1. The van der Waals surface area contributed by atoms with Crippen molar-refractivity contribution < 1.29 is 19.5 Å². The first-order valence-electron chi connectivity index (χ1n) is 6.75. The van der Waals surface area contributed by atoms with E-state index < -0.39 is 24.5 Å². The molecule has 0 unspecified atom stereocenters. The maximum Gasteiger partial charge on any atom is 0.322 e. The predicted molar refractivity (Wildman–Crippen MR) is 73.1 cm³/mol. The monoisotopic (exact) mass is 285 g/mol. The Balaban J connectivity index is 2.53. The SMILES string of the molecule is CC(C)(C)NCC(=O)N1CCC[C@H]1C(=O)NCC(=O)O. The average molecular weight is 285 g/mol. The van der Waals surface area contributed by atoms with Gasteiger partial charge in [0.2, 0.25) is 11.8 Å². The molecule has 7 heteroatoms. The summed E-state index contributed by atoms with van der Waals surface area (Å²) in [5, 5.41) is 14.0. The molecule has 3 N–H and O–H groups in total. The van der Waals surface area contributed by atoms with Gasteiger partial charge < -0.3 is 20.6 Å². The van der Waals surface area contributed by atoms with Gasteiger partial charge >= 0.3 is 5.97 Å². The number of nitrogens with zero attached hydrogens (tertiary/aromatic N) is 1. The number of hydrogen-bond donors (Lipinski definition) is 3. The van der Waals surface area contributed by atoms with Crippen molar-refractivity contribution in [1.82, 2.24) is 15.5 Å². The fraction of sp³-hybridized carbons (Fsp3) is 0.769. The van der Waals surface area contributed by atoms with E-state index >= 15 is 0 Å². The maximum absolute atomic E-state index is 12.1. The van der Waals surface area contributed by atoms with Crippen molar-refractivity contribution in [3.05, 3.63) is 0 Å². The van der Waals surface area contributed by atoms with Crippen LogP contribution in [0.2, 0.25) is 0 Å². The normalized spacial score (nSPS) is 18.9. The zero-order valence-corrected chi connectivity index (χ0v) is 12.2. The number of carboxylic acid groups (broad SMARTS) is 1. The third-order valence-corrected chi connectivity index (χ3v) is 3.06. The minimum Gasteiger partial charge on any atom is -0.480 e. The molecule has 0 aliphatic carbocycles. The predicted octanol–water partition coefficient (Wildman–Crippen LogP) is -0.434. The van der Waals surface area contributed by atoms with Crippen LogP contribution >= 0.6 is 0 Å². The summed E-state index contributed by atoms with van der Waals surface area (Å²) in [6, 6.07) is -0.552. The highest BCUT2D eigenvalue weighted by atomic mass is 16.4. The maximum atomic E-state index is 12.1. The molecule has 1 aliphatic heterocycles. The average Bonchev–Trinajstić information content (AvgIpc) is 2.81. The van der Waals surface area contributed by atoms with Crippen molar-refractivity contribution in [2.75, 3.05) is 19.6 Å². The Labute approximate surface area is 118 Å². The van der Waals surface area contributed by atoms with Crippen LogP contribution in [0, 0.1) is 0 Å². The lowest BCUT2D eigenvalue weighted by atomic mass is 10.1. The van der Waals surface area contributed by atoms with Crippen LogP contribution in [-0.2, 0) is 14.4 Å². The van der Waals surface area contributed by atoms with Gasteiger partial charge in [-0.3, -0.25) is 14.4 Å². The molecule has 0 saturated carbocycles. The van der Waals surface area contributed by atoms with E-state index in [-0.39, 0.29) is 18.0 Å². The number of likely N-dealkylation sites (tertiary alicyclic amines) is 1. The molecule has 7 nitrogen and oxygen atoms in total. The van der Waals surface area contributed by atoms with E-state index in [0.29, 0.717) is 13.0 Å². The molecule has 1 rings (SSSR count). The second-order valence-corrected chi connectivity index (χ2v) is 5.96. The highest BCUT2D eigenvalue weighted by Gasteiger charge is 2.34. The van der Waals surface area contributed by atoms with E-state index in [0.717, 1.165) is 6.42 Å². The smallest absolute Gasteiger partial charge is 0.322 e. The summed E-state index contributed by atoms with van der Waals surface area (Å²) in [5.41, 5.74) is -0.170. The van der Waals surface area contributed by atoms with Crippen molar-refractivity contribution in [3.63, 3.8) is 0 Å². The largest absolute Gasteiger partial charge is 0.480 e. The van der Waals surface area contributed by atoms with E-state index in [1.54, 1.807) is 0 Å². The quantitative estimate of drug-likeness (QED) is 0.636. The number of amides is 2. The lowest BCUT2D eigenvalue weighted by molar-refractivity contribution is -0.140. The van der Waals surface area contributed by atoms with Gasteiger partial charge in [-0.2, -0.15) is 0 Å². The summed E-state index contributed by atoms with van der Waals surface area (Å²) >= 11 is 0. The van der Waals surface area contributed by atoms with Gasteiger partial charge in [-0.25, -0.2) is 0 Å². The van der Waals surface area contributed by atoms with Crippen LogP contribution in [0.5, 0.6) is 0 Å². The van der Waals surface area contributed by atoms with E-state index in [1.165, 1.54) is 4.90 Å². The van der Waals surface area contributed by atoms with Gasteiger partial charge in [-0.15, -0.1) is 0 Å². The number of nitrogens with one attached hydrogen (secondary N) is 2. The third-order valence-electron chi connectivity index (χ3n) is 3.06. The van der Waals surface area contributed by atoms with E-state index in [1.807, 2.05) is 20.8 Å². The summed E-state index contributed by atoms with van der Waals surface area (Å²) in [7, 11) is 0. The zero-order chi connectivity index (χ0) is 15.3. The number of carboxylic acids is 1. The third kappa shape index (κ3) is 5.16. The first-order chi connectivity index (χ1) is 9.20. The molecule has 1 atom stereocenters. The van der Waals surface area contributed by atoms with Gasteiger partial charge in [-0.1, -0.05) is 0 Å². The molecule has 0 radical (unpaired) electrons. The number of carbonyl (C=O) groups excluding carboxylic acids is 2. The van der Waals surface area contributed by atoms with Gasteiger partial charge in [0.15, 0.2) is 0 Å². The summed E-state index contributed by atoms with van der Waals surface area (Å²) in [5.74, 6) is -1.62. The van der Waals surface area contributed by atoms with Crippen LogP contribution in [0.3, 0.4) is 0 Å². The summed E-state index contributed by atoms with van der Waals surface area (Å²) in [6.45, 7) is 6.17. The first kappa shape index (κ1) is 16.4.